The molecule has 0 spiro atoms. The zero-order valence-corrected chi connectivity index (χ0v) is 20.4. The van der Waals surface area contributed by atoms with Gasteiger partial charge in [-0.25, -0.2) is 4.68 Å². The summed E-state index contributed by atoms with van der Waals surface area (Å²) in [6.45, 7) is 3.94. The van der Waals surface area contributed by atoms with Gasteiger partial charge in [-0.3, -0.25) is 9.59 Å². The number of hydrogen-bond acceptors (Lipinski definition) is 6. The first-order valence-corrected chi connectivity index (χ1v) is 11.6. The van der Waals surface area contributed by atoms with Gasteiger partial charge in [-0.05, 0) is 47.2 Å². The molecule has 1 aliphatic rings. The molecule has 37 heavy (non-hydrogen) atoms. The molecule has 1 aliphatic heterocycles. The lowest BCUT2D eigenvalue weighted by Crippen LogP contribution is -2.25. The van der Waals surface area contributed by atoms with Crippen LogP contribution in [-0.4, -0.2) is 34.8 Å². The number of amides is 1. The maximum absolute atomic E-state index is 13.5. The molecule has 2 heterocycles. The Hall–Kier alpha value is -3.86. The van der Waals surface area contributed by atoms with Gasteiger partial charge in [-0.15, -0.1) is 0 Å². The number of aromatic nitrogens is 2. The SMILES string of the molecule is CC(C)(CC(=O)CN)Cc1cccc(-n2nc(C(F)(F)F)cc2C(=O)NCc2ccc3c(c2)OCO3)c1. The number of ketones is 1. The predicted molar refractivity (Wildman–Crippen MR) is 128 cm³/mol. The summed E-state index contributed by atoms with van der Waals surface area (Å²) in [5.41, 5.74) is 5.35. The van der Waals surface area contributed by atoms with E-state index in [0.29, 0.717) is 29.2 Å². The first kappa shape index (κ1) is 26.2. The van der Waals surface area contributed by atoms with Crippen LogP contribution in [0.2, 0.25) is 0 Å². The van der Waals surface area contributed by atoms with Gasteiger partial charge in [0.15, 0.2) is 17.2 Å². The summed E-state index contributed by atoms with van der Waals surface area (Å²) in [7, 11) is 0. The van der Waals surface area contributed by atoms with Crippen molar-refractivity contribution in [2.24, 2.45) is 11.1 Å². The van der Waals surface area contributed by atoms with Crippen LogP contribution in [0.15, 0.2) is 48.5 Å². The number of halogens is 3. The van der Waals surface area contributed by atoms with Crippen molar-refractivity contribution in [2.75, 3.05) is 13.3 Å². The third-order valence-corrected chi connectivity index (χ3v) is 5.86. The van der Waals surface area contributed by atoms with Gasteiger partial charge in [0.1, 0.15) is 11.5 Å². The summed E-state index contributed by atoms with van der Waals surface area (Å²) < 4.78 is 52.1. The molecule has 0 aliphatic carbocycles. The van der Waals surface area contributed by atoms with E-state index >= 15 is 0 Å². The Morgan fingerprint density at radius 3 is 2.54 bits per heavy atom. The summed E-state index contributed by atoms with van der Waals surface area (Å²) in [5.74, 6) is 0.312. The van der Waals surface area contributed by atoms with Crippen LogP contribution >= 0.6 is 0 Å². The first-order valence-electron chi connectivity index (χ1n) is 11.6. The third kappa shape index (κ3) is 6.29. The number of ether oxygens (including phenoxy) is 2. The molecule has 1 aromatic heterocycles. The number of nitrogens with zero attached hydrogens (tertiary/aromatic N) is 2. The van der Waals surface area contributed by atoms with Gasteiger partial charge >= 0.3 is 6.18 Å². The van der Waals surface area contributed by atoms with E-state index in [1.165, 1.54) is 0 Å². The zero-order chi connectivity index (χ0) is 26.8. The van der Waals surface area contributed by atoms with Crippen LogP contribution in [0, 0.1) is 5.41 Å². The molecule has 0 fully saturated rings. The van der Waals surface area contributed by atoms with Crippen LogP contribution in [0.4, 0.5) is 13.2 Å². The van der Waals surface area contributed by atoms with Gasteiger partial charge in [-0.2, -0.15) is 18.3 Å². The zero-order valence-electron chi connectivity index (χ0n) is 20.4. The van der Waals surface area contributed by atoms with Crippen molar-refractivity contribution in [1.29, 1.82) is 0 Å². The average Bonchev–Trinajstić information content (AvgIpc) is 3.49. The molecule has 8 nitrogen and oxygen atoms in total. The molecule has 3 N–H and O–H groups in total. The Kier molecular flexibility index (Phi) is 7.26. The van der Waals surface area contributed by atoms with E-state index in [-0.39, 0.29) is 37.8 Å². The van der Waals surface area contributed by atoms with Crippen LogP contribution in [0.3, 0.4) is 0 Å². The molecule has 11 heteroatoms. The van der Waals surface area contributed by atoms with E-state index in [4.69, 9.17) is 15.2 Å². The monoisotopic (exact) mass is 516 g/mol. The fourth-order valence-electron chi connectivity index (χ4n) is 4.22. The van der Waals surface area contributed by atoms with E-state index in [9.17, 15) is 22.8 Å². The Morgan fingerprint density at radius 2 is 1.81 bits per heavy atom. The maximum atomic E-state index is 13.5. The number of nitrogens with two attached hydrogens (primary N) is 1. The van der Waals surface area contributed by atoms with Crippen LogP contribution in [0.1, 0.15) is 47.6 Å². The number of Topliss-reactive ketones (excluding diaryl/α,β-unsaturated/α-hetero) is 1. The minimum atomic E-state index is -4.74. The quantitative estimate of drug-likeness (QED) is 0.445. The fraction of sp³-hybridized carbons (Fsp3) is 0.346. The predicted octanol–water partition coefficient (Wildman–Crippen LogP) is 4.04. The summed E-state index contributed by atoms with van der Waals surface area (Å²) in [6, 6.07) is 12.6. The second-order valence-corrected chi connectivity index (χ2v) is 9.63. The smallest absolute Gasteiger partial charge is 0.435 e. The van der Waals surface area contributed by atoms with Crippen molar-refractivity contribution >= 4 is 11.7 Å². The molecule has 196 valence electrons. The van der Waals surface area contributed by atoms with Crippen LogP contribution in [0.25, 0.3) is 5.69 Å². The van der Waals surface area contributed by atoms with Gasteiger partial charge in [0.05, 0.1) is 12.2 Å². The molecular formula is C26H27F3N4O4. The van der Waals surface area contributed by atoms with E-state index in [1.807, 2.05) is 19.9 Å². The fourth-order valence-corrected chi connectivity index (χ4v) is 4.22. The molecule has 0 saturated heterocycles. The molecule has 1 amide bonds. The van der Waals surface area contributed by atoms with Crippen LogP contribution < -0.4 is 20.5 Å². The second kappa shape index (κ2) is 10.3. The van der Waals surface area contributed by atoms with Gasteiger partial charge in [0.25, 0.3) is 5.91 Å². The van der Waals surface area contributed by atoms with Crippen molar-refractivity contribution < 1.29 is 32.2 Å². The Labute approximate surface area is 211 Å². The number of alkyl halides is 3. The Balaban J connectivity index is 1.59. The van der Waals surface area contributed by atoms with Crippen molar-refractivity contribution in [3.05, 3.63) is 71.0 Å². The Morgan fingerprint density at radius 1 is 1.05 bits per heavy atom. The molecule has 0 bridgehead atoms. The van der Waals surface area contributed by atoms with E-state index in [0.717, 1.165) is 16.3 Å². The molecule has 2 aromatic carbocycles. The van der Waals surface area contributed by atoms with Crippen molar-refractivity contribution in [3.8, 4) is 17.2 Å². The summed E-state index contributed by atoms with van der Waals surface area (Å²) >= 11 is 0. The average molecular weight is 517 g/mol. The topological polar surface area (TPSA) is 108 Å². The number of hydrogen-bond donors (Lipinski definition) is 2. The lowest BCUT2D eigenvalue weighted by atomic mass is 9.81. The first-order chi connectivity index (χ1) is 17.4. The molecular weight excluding hydrogens is 489 g/mol. The van der Waals surface area contributed by atoms with Gasteiger partial charge in [-0.1, -0.05) is 32.0 Å². The van der Waals surface area contributed by atoms with Gasteiger partial charge in [0.2, 0.25) is 6.79 Å². The molecule has 4 rings (SSSR count). The standard InChI is InChI=1S/C26H27F3N4O4/c1-25(2,12-19(34)13-30)11-16-4-3-5-18(8-16)33-20(10-23(32-33)26(27,28)29)24(35)31-14-17-6-7-21-22(9-17)37-15-36-21/h3-10H,11-15,30H2,1-2H3,(H,31,35). The second-order valence-electron chi connectivity index (χ2n) is 9.63. The molecule has 0 atom stereocenters. The number of carbonyl (C=O) groups excluding carboxylic acids is 2. The minimum Gasteiger partial charge on any atom is -0.454 e. The highest BCUT2D eigenvalue weighted by atomic mass is 19.4. The molecule has 0 saturated carbocycles. The number of fused-ring (bicyclic) bond motifs is 1. The lowest BCUT2D eigenvalue weighted by Gasteiger charge is -2.24. The lowest BCUT2D eigenvalue weighted by molar-refractivity contribution is -0.141. The van der Waals surface area contributed by atoms with E-state index < -0.39 is 23.2 Å². The van der Waals surface area contributed by atoms with E-state index in [1.54, 1.807) is 36.4 Å². The van der Waals surface area contributed by atoms with E-state index in [2.05, 4.69) is 10.4 Å². The number of carbonyl (C=O) groups is 2. The summed E-state index contributed by atoms with van der Waals surface area (Å²) in [5, 5.41) is 6.35. The van der Waals surface area contributed by atoms with Gasteiger partial charge < -0.3 is 20.5 Å². The maximum Gasteiger partial charge on any atom is 0.435 e. The molecule has 3 aromatic rings. The van der Waals surface area contributed by atoms with Crippen molar-refractivity contribution in [3.63, 3.8) is 0 Å². The molecule has 0 unspecified atom stereocenters. The van der Waals surface area contributed by atoms with Gasteiger partial charge in [0, 0.05) is 19.0 Å². The molecule has 0 radical (unpaired) electrons. The Bertz CT molecular complexity index is 1320. The van der Waals surface area contributed by atoms with Crippen molar-refractivity contribution in [1.82, 2.24) is 15.1 Å². The number of nitrogens with one attached hydrogen (secondary N) is 1. The minimum absolute atomic E-state index is 0.0539. The highest BCUT2D eigenvalue weighted by Gasteiger charge is 2.36. The highest BCUT2D eigenvalue weighted by Crippen LogP contribution is 2.33. The summed E-state index contributed by atoms with van der Waals surface area (Å²) in [6.07, 6.45) is -3.99. The largest absolute Gasteiger partial charge is 0.454 e. The third-order valence-electron chi connectivity index (χ3n) is 5.86. The van der Waals surface area contributed by atoms with Crippen LogP contribution in [-0.2, 0) is 23.9 Å². The summed E-state index contributed by atoms with van der Waals surface area (Å²) in [4.78, 5) is 24.8. The number of rotatable bonds is 9. The highest BCUT2D eigenvalue weighted by molar-refractivity contribution is 5.93. The normalized spacial score (nSPS) is 13.0. The number of benzene rings is 2. The van der Waals surface area contributed by atoms with Crippen molar-refractivity contribution in [2.45, 2.75) is 39.4 Å². The van der Waals surface area contributed by atoms with Crippen LogP contribution in [0.5, 0.6) is 11.5 Å².